The third kappa shape index (κ3) is 5.44. The summed E-state index contributed by atoms with van der Waals surface area (Å²) in [7, 11) is 0. The fourth-order valence-corrected chi connectivity index (χ4v) is 10.1. The van der Waals surface area contributed by atoms with Crippen LogP contribution in [0.15, 0.2) is 25.3 Å². The molecular weight excluding hydrogens is 512 g/mol. The van der Waals surface area contributed by atoms with E-state index in [9.17, 15) is 19.5 Å². The molecule has 39 heavy (non-hydrogen) atoms. The molecule has 2 unspecified atom stereocenters. The Morgan fingerprint density at radius 2 is 1.92 bits per heavy atom. The molecule has 2 amide bonds. The van der Waals surface area contributed by atoms with E-state index in [1.807, 2.05) is 4.90 Å². The van der Waals surface area contributed by atoms with Crippen LogP contribution in [0.25, 0.3) is 0 Å². The van der Waals surface area contributed by atoms with Crippen LogP contribution in [0.1, 0.15) is 85.0 Å². The van der Waals surface area contributed by atoms with Crippen molar-refractivity contribution in [1.82, 2.24) is 9.80 Å². The van der Waals surface area contributed by atoms with E-state index in [2.05, 4.69) is 33.9 Å². The minimum atomic E-state index is -0.710. The lowest BCUT2D eigenvalue weighted by Crippen LogP contribution is -2.59. The second kappa shape index (κ2) is 12.4. The van der Waals surface area contributed by atoms with Crippen LogP contribution in [0.3, 0.4) is 0 Å². The van der Waals surface area contributed by atoms with Gasteiger partial charge >= 0.3 is 5.97 Å². The average Bonchev–Trinajstić information content (AvgIpc) is 3.49. The zero-order valence-corrected chi connectivity index (χ0v) is 24.9. The van der Waals surface area contributed by atoms with E-state index < -0.39 is 33.4 Å². The lowest BCUT2D eigenvalue weighted by Gasteiger charge is -2.42. The molecule has 6 atom stereocenters. The number of ether oxygens (including phenoxy) is 1. The molecule has 3 heterocycles. The number of aliphatic hydroxyl groups excluding tert-OH is 1. The molecule has 4 fully saturated rings. The number of esters is 1. The highest BCUT2D eigenvalue weighted by Gasteiger charge is 2.78. The summed E-state index contributed by atoms with van der Waals surface area (Å²) >= 11 is 1.67. The van der Waals surface area contributed by atoms with Gasteiger partial charge in [0.25, 0.3) is 0 Å². The number of hydrogen-bond donors (Lipinski definition) is 1. The Labute approximate surface area is 238 Å². The normalized spacial score (nSPS) is 32.8. The Balaban J connectivity index is 1.74. The lowest BCUT2D eigenvalue weighted by atomic mass is 9.66. The van der Waals surface area contributed by atoms with E-state index in [1.165, 1.54) is 6.42 Å². The molecule has 1 saturated carbocycles. The molecule has 2 bridgehead atoms. The largest absolute Gasteiger partial charge is 0.465 e. The van der Waals surface area contributed by atoms with Crippen molar-refractivity contribution in [2.24, 2.45) is 17.8 Å². The van der Waals surface area contributed by atoms with Crippen molar-refractivity contribution in [3.8, 4) is 0 Å². The Kier molecular flexibility index (Phi) is 9.57. The first kappa shape index (κ1) is 30.2. The maximum absolute atomic E-state index is 14.7. The first-order chi connectivity index (χ1) is 18.6. The number of nitrogens with zero attached hydrogens (tertiary/aromatic N) is 2. The number of allylic oxidation sites excluding steroid dienone is 1. The molecule has 4 rings (SSSR count). The SMILES string of the molecule is C=CCCCOC(=O)[C@@H]1[C@H]2C(=O)N([C@@H](CO)CC(C)C)C(C(=O)N(CC=C)C3CCCCC3)C23CC[C@@]1(C)S3. The Hall–Kier alpha value is -1.80. The Bertz CT molecular complexity index is 949. The van der Waals surface area contributed by atoms with Crippen LogP contribution in [0.2, 0.25) is 0 Å². The van der Waals surface area contributed by atoms with E-state index in [-0.39, 0.29) is 36.4 Å². The smallest absolute Gasteiger partial charge is 0.311 e. The van der Waals surface area contributed by atoms with Gasteiger partial charge in [-0.1, -0.05) is 45.3 Å². The number of thioether (sulfide) groups is 1. The van der Waals surface area contributed by atoms with Crippen LogP contribution in [0.5, 0.6) is 0 Å². The number of fused-ring (bicyclic) bond motifs is 1. The highest BCUT2D eigenvalue weighted by atomic mass is 32.2. The number of carbonyl (C=O) groups is 3. The lowest BCUT2D eigenvalue weighted by molar-refractivity contribution is -0.156. The number of hydrogen-bond acceptors (Lipinski definition) is 6. The van der Waals surface area contributed by atoms with Gasteiger partial charge in [-0.3, -0.25) is 14.4 Å². The first-order valence-electron chi connectivity index (χ1n) is 15.0. The van der Waals surface area contributed by atoms with Gasteiger partial charge in [-0.25, -0.2) is 0 Å². The Morgan fingerprint density at radius 1 is 1.21 bits per heavy atom. The summed E-state index contributed by atoms with van der Waals surface area (Å²) < 4.78 is 4.57. The number of likely N-dealkylation sites (tertiary alicyclic amines) is 1. The summed E-state index contributed by atoms with van der Waals surface area (Å²) in [5.41, 5.74) is 0. The van der Waals surface area contributed by atoms with Gasteiger partial charge in [0, 0.05) is 17.3 Å². The third-order valence-electron chi connectivity index (χ3n) is 9.47. The van der Waals surface area contributed by atoms with Crippen molar-refractivity contribution in [2.75, 3.05) is 19.8 Å². The molecule has 4 aliphatic rings. The summed E-state index contributed by atoms with van der Waals surface area (Å²) in [5, 5.41) is 10.5. The maximum atomic E-state index is 14.7. The molecule has 0 aromatic heterocycles. The van der Waals surface area contributed by atoms with Crippen molar-refractivity contribution in [2.45, 2.75) is 113 Å². The van der Waals surface area contributed by atoms with Crippen molar-refractivity contribution in [3.63, 3.8) is 0 Å². The van der Waals surface area contributed by atoms with Crippen LogP contribution in [-0.4, -0.2) is 80.1 Å². The van der Waals surface area contributed by atoms with E-state index >= 15 is 0 Å². The minimum absolute atomic E-state index is 0.0448. The van der Waals surface area contributed by atoms with Crippen LogP contribution in [0, 0.1) is 17.8 Å². The molecule has 7 nitrogen and oxygen atoms in total. The van der Waals surface area contributed by atoms with Gasteiger partial charge in [0.1, 0.15) is 6.04 Å². The van der Waals surface area contributed by atoms with Crippen molar-refractivity contribution >= 4 is 29.5 Å². The van der Waals surface area contributed by atoms with Crippen LogP contribution in [-0.2, 0) is 19.1 Å². The number of aliphatic hydroxyl groups is 1. The van der Waals surface area contributed by atoms with Gasteiger partial charge in [-0.15, -0.1) is 24.9 Å². The molecule has 3 aliphatic heterocycles. The van der Waals surface area contributed by atoms with Crippen LogP contribution >= 0.6 is 11.8 Å². The molecule has 1 N–H and O–H groups in total. The van der Waals surface area contributed by atoms with E-state index in [0.29, 0.717) is 32.4 Å². The molecule has 1 aliphatic carbocycles. The zero-order valence-electron chi connectivity index (χ0n) is 24.1. The first-order valence-corrected chi connectivity index (χ1v) is 15.8. The van der Waals surface area contributed by atoms with E-state index in [4.69, 9.17) is 4.74 Å². The molecule has 218 valence electrons. The Morgan fingerprint density at radius 3 is 2.54 bits per heavy atom. The van der Waals surface area contributed by atoms with E-state index in [0.717, 1.165) is 38.5 Å². The van der Waals surface area contributed by atoms with Gasteiger partial charge in [-0.05, 0) is 57.8 Å². The molecule has 8 heteroatoms. The van der Waals surface area contributed by atoms with Crippen LogP contribution in [0.4, 0.5) is 0 Å². The van der Waals surface area contributed by atoms with Crippen LogP contribution < -0.4 is 0 Å². The topological polar surface area (TPSA) is 87.1 Å². The fourth-order valence-electron chi connectivity index (χ4n) is 7.81. The summed E-state index contributed by atoms with van der Waals surface area (Å²) in [6, 6.07) is -1.06. The number of rotatable bonds is 13. The highest BCUT2D eigenvalue weighted by Crippen LogP contribution is 2.72. The third-order valence-corrected chi connectivity index (χ3v) is 11.5. The quantitative estimate of drug-likeness (QED) is 0.199. The van der Waals surface area contributed by atoms with Crippen molar-refractivity contribution in [3.05, 3.63) is 25.3 Å². The molecule has 0 radical (unpaired) electrons. The number of carbonyl (C=O) groups excluding carboxylic acids is 3. The highest BCUT2D eigenvalue weighted by molar-refractivity contribution is 8.02. The number of amides is 2. The predicted molar refractivity (Wildman–Crippen MR) is 155 cm³/mol. The average molecular weight is 561 g/mol. The second-order valence-electron chi connectivity index (χ2n) is 12.6. The van der Waals surface area contributed by atoms with Gasteiger partial charge < -0.3 is 19.6 Å². The summed E-state index contributed by atoms with van der Waals surface area (Å²) in [6.07, 6.45) is 12.4. The standard InChI is InChI=1S/C31H48N2O5S/c1-6-8-12-18-38-29(37)25-24-27(35)33(23(20-34)19-21(3)4)26(31(24)16-15-30(25,5)39-31)28(36)32(17-7-2)22-13-10-9-11-14-22/h6-7,21-26,34H,1-2,8-20H2,3-5H3/t23-,24+,25+,26?,30-,31?/m1/s1. The molecule has 3 saturated heterocycles. The fraction of sp³-hybridized carbons (Fsp3) is 0.774. The van der Waals surface area contributed by atoms with Gasteiger partial charge in [0.15, 0.2) is 0 Å². The molecule has 0 aromatic rings. The molecular formula is C31H48N2O5S. The maximum Gasteiger partial charge on any atom is 0.311 e. The van der Waals surface area contributed by atoms with Crippen molar-refractivity contribution in [1.29, 1.82) is 0 Å². The minimum Gasteiger partial charge on any atom is -0.465 e. The van der Waals surface area contributed by atoms with Gasteiger partial charge in [0.2, 0.25) is 11.8 Å². The second-order valence-corrected chi connectivity index (χ2v) is 14.5. The van der Waals surface area contributed by atoms with Gasteiger partial charge in [0.05, 0.1) is 35.8 Å². The van der Waals surface area contributed by atoms with Crippen molar-refractivity contribution < 1.29 is 24.2 Å². The summed E-state index contributed by atoms with van der Waals surface area (Å²) in [5.74, 6) is -1.54. The summed E-state index contributed by atoms with van der Waals surface area (Å²) in [6.45, 7) is 14.4. The van der Waals surface area contributed by atoms with E-state index in [1.54, 1.807) is 28.8 Å². The number of unbranched alkanes of at least 4 members (excludes halogenated alkanes) is 1. The van der Waals surface area contributed by atoms with Gasteiger partial charge in [-0.2, -0.15) is 0 Å². The predicted octanol–water partition coefficient (Wildman–Crippen LogP) is 4.73. The molecule has 1 spiro atoms. The molecule has 0 aromatic carbocycles. The summed E-state index contributed by atoms with van der Waals surface area (Å²) in [4.78, 5) is 46.4. The zero-order chi connectivity index (χ0) is 28.4. The monoisotopic (exact) mass is 560 g/mol.